The van der Waals surface area contributed by atoms with Crippen LogP contribution < -0.4 is 0 Å². The Hall–Kier alpha value is -1.89. The molecule has 25 heavy (non-hydrogen) atoms. The maximum absolute atomic E-state index is 11.8. The van der Waals surface area contributed by atoms with Crippen molar-refractivity contribution >= 4 is 17.9 Å². The quantitative estimate of drug-likeness (QED) is 0.279. The van der Waals surface area contributed by atoms with Crippen LogP contribution in [0.1, 0.15) is 58.8 Å². The van der Waals surface area contributed by atoms with Gasteiger partial charge in [-0.3, -0.25) is 4.79 Å². The molecule has 0 aliphatic carbocycles. The Kier molecular flexibility index (Phi) is 12.4. The molecule has 2 N–H and O–H groups in total. The second-order valence-corrected chi connectivity index (χ2v) is 5.93. The highest BCUT2D eigenvalue weighted by molar-refractivity contribution is 6.01. The van der Waals surface area contributed by atoms with E-state index < -0.39 is 24.3 Å². The second kappa shape index (κ2) is 13.4. The lowest BCUT2D eigenvalue weighted by molar-refractivity contribution is -0.145. The fourth-order valence-electron chi connectivity index (χ4n) is 2.47. The van der Waals surface area contributed by atoms with Gasteiger partial charge in [-0.2, -0.15) is 0 Å². The summed E-state index contributed by atoms with van der Waals surface area (Å²) in [4.78, 5) is 34.9. The SMILES string of the molecule is CCCCC(CC)CC(C(=O)O)=C(CC(=O)OCCCOC)C(=O)O. The first kappa shape index (κ1) is 23.1. The van der Waals surface area contributed by atoms with Crippen molar-refractivity contribution in [3.8, 4) is 0 Å². The van der Waals surface area contributed by atoms with Crippen molar-refractivity contribution in [1.29, 1.82) is 0 Å². The number of esters is 1. The molecule has 0 aromatic heterocycles. The van der Waals surface area contributed by atoms with Gasteiger partial charge in [-0.1, -0.05) is 39.5 Å². The Morgan fingerprint density at radius 3 is 2.08 bits per heavy atom. The molecule has 1 unspecified atom stereocenters. The number of hydrogen-bond acceptors (Lipinski definition) is 5. The molecule has 7 heteroatoms. The molecule has 0 aliphatic rings. The zero-order chi connectivity index (χ0) is 19.2. The van der Waals surface area contributed by atoms with E-state index in [-0.39, 0.29) is 30.1 Å². The number of methoxy groups -OCH3 is 1. The minimum Gasteiger partial charge on any atom is -0.478 e. The smallest absolute Gasteiger partial charge is 0.332 e. The highest BCUT2D eigenvalue weighted by Crippen LogP contribution is 2.25. The molecule has 0 radical (unpaired) electrons. The van der Waals surface area contributed by atoms with Crippen LogP contribution in [0.25, 0.3) is 0 Å². The number of hydrogen-bond donors (Lipinski definition) is 2. The van der Waals surface area contributed by atoms with Gasteiger partial charge < -0.3 is 19.7 Å². The number of carbonyl (C=O) groups is 3. The second-order valence-electron chi connectivity index (χ2n) is 5.93. The normalized spacial score (nSPS) is 13.1. The van der Waals surface area contributed by atoms with Crippen molar-refractivity contribution in [2.75, 3.05) is 20.3 Å². The minimum absolute atomic E-state index is 0.0816. The van der Waals surface area contributed by atoms with E-state index in [9.17, 15) is 24.6 Å². The molecule has 144 valence electrons. The van der Waals surface area contributed by atoms with Gasteiger partial charge >= 0.3 is 17.9 Å². The van der Waals surface area contributed by atoms with Gasteiger partial charge in [-0.15, -0.1) is 0 Å². The summed E-state index contributed by atoms with van der Waals surface area (Å²) in [6, 6.07) is 0. The van der Waals surface area contributed by atoms with Crippen LogP contribution in [0.3, 0.4) is 0 Å². The first-order chi connectivity index (χ1) is 11.9. The lowest BCUT2D eigenvalue weighted by Gasteiger charge is -2.16. The molecule has 0 aliphatic heterocycles. The van der Waals surface area contributed by atoms with Crippen molar-refractivity contribution in [2.24, 2.45) is 5.92 Å². The molecule has 0 saturated heterocycles. The number of aliphatic carboxylic acids is 2. The fraction of sp³-hybridized carbons (Fsp3) is 0.722. The molecule has 1 atom stereocenters. The van der Waals surface area contributed by atoms with Crippen LogP contribution in [-0.2, 0) is 23.9 Å². The van der Waals surface area contributed by atoms with Crippen molar-refractivity contribution < 1.29 is 34.1 Å². The Bertz CT molecular complexity index is 468. The van der Waals surface area contributed by atoms with Gasteiger partial charge in [0.15, 0.2) is 0 Å². The van der Waals surface area contributed by atoms with Crippen LogP contribution in [0, 0.1) is 5.92 Å². The van der Waals surface area contributed by atoms with Crippen LogP contribution in [0.5, 0.6) is 0 Å². The third-order valence-electron chi connectivity index (χ3n) is 3.99. The largest absolute Gasteiger partial charge is 0.478 e. The van der Waals surface area contributed by atoms with E-state index in [1.54, 1.807) is 0 Å². The summed E-state index contributed by atoms with van der Waals surface area (Å²) in [7, 11) is 1.52. The molecule has 0 fully saturated rings. The summed E-state index contributed by atoms with van der Waals surface area (Å²) in [6.45, 7) is 4.52. The summed E-state index contributed by atoms with van der Waals surface area (Å²) in [5.74, 6) is -3.34. The zero-order valence-corrected chi connectivity index (χ0v) is 15.4. The van der Waals surface area contributed by atoms with E-state index in [0.29, 0.717) is 13.0 Å². The van der Waals surface area contributed by atoms with Gasteiger partial charge in [0.1, 0.15) is 0 Å². The van der Waals surface area contributed by atoms with Crippen molar-refractivity contribution in [3.05, 3.63) is 11.1 Å². The van der Waals surface area contributed by atoms with Gasteiger partial charge in [-0.25, -0.2) is 9.59 Å². The molecular formula is C18H30O7. The highest BCUT2D eigenvalue weighted by Gasteiger charge is 2.25. The van der Waals surface area contributed by atoms with Gasteiger partial charge in [0.25, 0.3) is 0 Å². The lowest BCUT2D eigenvalue weighted by atomic mass is 9.89. The third-order valence-corrected chi connectivity index (χ3v) is 3.99. The highest BCUT2D eigenvalue weighted by atomic mass is 16.5. The first-order valence-corrected chi connectivity index (χ1v) is 8.70. The maximum Gasteiger partial charge on any atom is 0.332 e. The van der Waals surface area contributed by atoms with E-state index in [1.165, 1.54) is 7.11 Å². The number of carboxylic acids is 2. The van der Waals surface area contributed by atoms with Crippen molar-refractivity contribution in [3.63, 3.8) is 0 Å². The molecule has 0 bridgehead atoms. The molecular weight excluding hydrogens is 328 g/mol. The predicted octanol–water partition coefficient (Wildman–Crippen LogP) is 3.03. The van der Waals surface area contributed by atoms with Crippen molar-refractivity contribution in [1.82, 2.24) is 0 Å². The van der Waals surface area contributed by atoms with Gasteiger partial charge in [-0.05, 0) is 12.3 Å². The summed E-state index contributed by atoms with van der Waals surface area (Å²) >= 11 is 0. The number of ether oxygens (including phenoxy) is 2. The standard InChI is InChI=1S/C18H30O7/c1-4-6-8-13(5-2)11-14(17(20)21)15(18(22)23)12-16(19)25-10-7-9-24-3/h13H,4-12H2,1-3H3,(H,20,21)(H,22,23). The van der Waals surface area contributed by atoms with Crippen molar-refractivity contribution in [2.45, 2.75) is 58.8 Å². The molecule has 0 aromatic carbocycles. The van der Waals surface area contributed by atoms with E-state index in [1.807, 2.05) is 13.8 Å². The van der Waals surface area contributed by atoms with Crippen LogP contribution in [0.15, 0.2) is 11.1 Å². The number of carboxylic acid groups (broad SMARTS) is 2. The van der Waals surface area contributed by atoms with Crippen LogP contribution >= 0.6 is 0 Å². The number of rotatable bonds is 14. The fourth-order valence-corrected chi connectivity index (χ4v) is 2.47. The molecule has 0 amide bonds. The number of unbranched alkanes of at least 4 members (excludes halogenated alkanes) is 1. The average Bonchev–Trinajstić information content (AvgIpc) is 2.57. The summed E-state index contributed by atoms with van der Waals surface area (Å²) < 4.78 is 9.77. The molecule has 0 rings (SSSR count). The monoisotopic (exact) mass is 358 g/mol. The Morgan fingerprint density at radius 1 is 0.960 bits per heavy atom. The third kappa shape index (κ3) is 9.86. The van der Waals surface area contributed by atoms with E-state index in [4.69, 9.17) is 9.47 Å². The summed E-state index contributed by atoms with van der Waals surface area (Å²) in [6.07, 6.45) is 3.62. The van der Waals surface area contributed by atoms with Gasteiger partial charge in [0.2, 0.25) is 0 Å². The zero-order valence-electron chi connectivity index (χ0n) is 15.4. The molecule has 0 spiro atoms. The molecule has 0 heterocycles. The van der Waals surface area contributed by atoms with Crippen LogP contribution in [-0.4, -0.2) is 48.4 Å². The summed E-state index contributed by atoms with van der Waals surface area (Å²) in [5, 5.41) is 18.8. The topological polar surface area (TPSA) is 110 Å². The summed E-state index contributed by atoms with van der Waals surface area (Å²) in [5.41, 5.74) is -0.594. The molecule has 0 aromatic rings. The van der Waals surface area contributed by atoms with Crippen LogP contribution in [0.4, 0.5) is 0 Å². The van der Waals surface area contributed by atoms with Gasteiger partial charge in [0, 0.05) is 25.7 Å². The predicted molar refractivity (Wildman–Crippen MR) is 92.3 cm³/mol. The Morgan fingerprint density at radius 2 is 1.60 bits per heavy atom. The van der Waals surface area contributed by atoms with E-state index in [2.05, 4.69) is 0 Å². The number of carbonyl (C=O) groups excluding carboxylic acids is 1. The Balaban J connectivity index is 5.14. The van der Waals surface area contributed by atoms with Gasteiger partial charge in [0.05, 0.1) is 18.6 Å². The molecule has 0 saturated carbocycles. The van der Waals surface area contributed by atoms with E-state index >= 15 is 0 Å². The minimum atomic E-state index is -1.39. The maximum atomic E-state index is 11.8. The molecule has 7 nitrogen and oxygen atoms in total. The van der Waals surface area contributed by atoms with E-state index in [0.717, 1.165) is 25.7 Å². The lowest BCUT2D eigenvalue weighted by Crippen LogP contribution is -2.18. The average molecular weight is 358 g/mol. The van der Waals surface area contributed by atoms with Crippen LogP contribution in [0.2, 0.25) is 0 Å². The first-order valence-electron chi connectivity index (χ1n) is 8.70. The Labute approximate surface area is 149 Å².